The first kappa shape index (κ1) is 23.4. The minimum Gasteiger partial charge on any atom is -0.353 e. The Bertz CT molecular complexity index is 488. The van der Waals surface area contributed by atoms with Gasteiger partial charge in [-0.15, -0.1) is 0 Å². The first-order chi connectivity index (χ1) is 11.8. The van der Waals surface area contributed by atoms with Gasteiger partial charge < -0.3 is 14.8 Å². The molecular weight excluding hydrogens is 350 g/mol. The van der Waals surface area contributed by atoms with Gasteiger partial charge in [0.15, 0.2) is 10.9 Å². The summed E-state index contributed by atoms with van der Waals surface area (Å²) in [5.74, 6) is 0.373. The first-order valence-corrected chi connectivity index (χ1v) is 10.5. The Hall–Kier alpha value is -0.590. The van der Waals surface area contributed by atoms with Gasteiger partial charge in [-0.2, -0.15) is 0 Å². The number of nitrogens with one attached hydrogen (secondary N) is 1. The summed E-state index contributed by atoms with van der Waals surface area (Å²) >= 11 is 1.40. The van der Waals surface area contributed by atoms with E-state index < -0.39 is 5.79 Å². The van der Waals surface area contributed by atoms with Gasteiger partial charge in [0.2, 0.25) is 5.91 Å². The first-order valence-electron chi connectivity index (χ1n) is 9.52. The van der Waals surface area contributed by atoms with E-state index in [-0.39, 0.29) is 28.0 Å². The van der Waals surface area contributed by atoms with Crippen LogP contribution in [-0.2, 0) is 19.1 Å². The van der Waals surface area contributed by atoms with Crippen molar-refractivity contribution in [2.45, 2.75) is 86.0 Å². The van der Waals surface area contributed by atoms with Gasteiger partial charge in [-0.3, -0.25) is 9.59 Å². The third kappa shape index (κ3) is 9.93. The molecule has 5 nitrogen and oxygen atoms in total. The van der Waals surface area contributed by atoms with Crippen molar-refractivity contribution >= 4 is 22.8 Å². The maximum absolute atomic E-state index is 12.3. The number of ether oxygens (including phenoxy) is 2. The minimum atomic E-state index is -0.555. The molecule has 0 spiro atoms. The van der Waals surface area contributed by atoms with Crippen LogP contribution in [0, 0.1) is 10.8 Å². The zero-order valence-electron chi connectivity index (χ0n) is 17.6. The Balaban J connectivity index is 2.31. The minimum absolute atomic E-state index is 0.0542. The summed E-state index contributed by atoms with van der Waals surface area (Å²) in [5.41, 5.74) is 0.123. The number of rotatable bonds is 10. The van der Waals surface area contributed by atoms with E-state index in [0.29, 0.717) is 19.6 Å². The molecule has 1 rings (SSSR count). The number of carbonyl (C=O) groups excluding carboxylic acids is 2. The SMILES string of the molecule is CC(=O)SCCC(C)(C)CCC(C)(C)CC(=O)NCC1COC(C)(C)O1. The van der Waals surface area contributed by atoms with Gasteiger partial charge in [-0.05, 0) is 43.9 Å². The molecule has 6 heteroatoms. The van der Waals surface area contributed by atoms with Crippen molar-refractivity contribution in [3.8, 4) is 0 Å². The fraction of sp³-hybridized carbons (Fsp3) is 0.900. The van der Waals surface area contributed by atoms with E-state index in [1.54, 1.807) is 6.92 Å². The Labute approximate surface area is 163 Å². The highest BCUT2D eigenvalue weighted by Gasteiger charge is 2.33. The molecule has 1 aliphatic rings. The molecule has 0 aliphatic carbocycles. The third-order valence-corrected chi connectivity index (χ3v) is 5.61. The van der Waals surface area contributed by atoms with E-state index in [9.17, 15) is 9.59 Å². The molecule has 0 aromatic heterocycles. The Morgan fingerprint density at radius 2 is 1.73 bits per heavy atom. The van der Waals surface area contributed by atoms with Crippen LogP contribution < -0.4 is 5.32 Å². The van der Waals surface area contributed by atoms with Crippen molar-refractivity contribution in [2.75, 3.05) is 18.9 Å². The van der Waals surface area contributed by atoms with Crippen LogP contribution in [0.3, 0.4) is 0 Å². The van der Waals surface area contributed by atoms with E-state index >= 15 is 0 Å². The van der Waals surface area contributed by atoms with Crippen LogP contribution in [0.25, 0.3) is 0 Å². The molecule has 1 saturated heterocycles. The van der Waals surface area contributed by atoms with E-state index in [4.69, 9.17) is 9.47 Å². The van der Waals surface area contributed by atoms with Gasteiger partial charge in [-0.1, -0.05) is 39.5 Å². The van der Waals surface area contributed by atoms with Crippen LogP contribution in [0.15, 0.2) is 0 Å². The van der Waals surface area contributed by atoms with E-state index in [1.165, 1.54) is 11.8 Å². The second-order valence-electron chi connectivity index (χ2n) is 9.35. The van der Waals surface area contributed by atoms with Crippen LogP contribution in [0.2, 0.25) is 0 Å². The number of thioether (sulfide) groups is 1. The molecule has 26 heavy (non-hydrogen) atoms. The van der Waals surface area contributed by atoms with Gasteiger partial charge in [0.05, 0.1) is 6.61 Å². The molecule has 1 aliphatic heterocycles. The molecule has 1 fully saturated rings. The number of amides is 1. The lowest BCUT2D eigenvalue weighted by Crippen LogP contribution is -2.36. The predicted molar refractivity (Wildman–Crippen MR) is 107 cm³/mol. The summed E-state index contributed by atoms with van der Waals surface area (Å²) in [6.07, 6.45) is 3.46. The lowest BCUT2D eigenvalue weighted by molar-refractivity contribution is -0.139. The molecule has 1 atom stereocenters. The molecule has 0 bridgehead atoms. The monoisotopic (exact) mass is 387 g/mol. The van der Waals surface area contributed by atoms with Crippen molar-refractivity contribution < 1.29 is 19.1 Å². The number of hydrogen-bond acceptors (Lipinski definition) is 5. The van der Waals surface area contributed by atoms with Crippen molar-refractivity contribution in [1.29, 1.82) is 0 Å². The van der Waals surface area contributed by atoms with Crippen molar-refractivity contribution in [2.24, 2.45) is 10.8 Å². The molecular formula is C20H37NO4S. The average Bonchev–Trinajstić information content (AvgIpc) is 2.82. The van der Waals surface area contributed by atoms with E-state index in [0.717, 1.165) is 25.0 Å². The Kier molecular flexibility index (Phi) is 8.62. The molecule has 1 N–H and O–H groups in total. The fourth-order valence-electron chi connectivity index (χ4n) is 2.95. The maximum atomic E-state index is 12.3. The summed E-state index contributed by atoms with van der Waals surface area (Å²) in [5, 5.41) is 3.16. The highest BCUT2D eigenvalue weighted by molar-refractivity contribution is 8.13. The normalized spacial score (nSPS) is 20.2. The second kappa shape index (κ2) is 9.56. The summed E-state index contributed by atoms with van der Waals surface area (Å²) < 4.78 is 11.2. The zero-order chi connectivity index (χ0) is 20.0. The standard InChI is InChI=1S/C20H37NO4S/c1-15(22)26-11-10-18(2,3)8-9-19(4,5)12-17(23)21-13-16-14-24-20(6,7)25-16/h16H,8-14H2,1-7H3,(H,21,23). The van der Waals surface area contributed by atoms with Crippen LogP contribution in [0.1, 0.15) is 74.1 Å². The van der Waals surface area contributed by atoms with E-state index in [1.807, 2.05) is 13.8 Å². The topological polar surface area (TPSA) is 64.6 Å². The summed E-state index contributed by atoms with van der Waals surface area (Å²) in [6, 6.07) is 0. The molecule has 0 saturated carbocycles. The van der Waals surface area contributed by atoms with Gasteiger partial charge in [-0.25, -0.2) is 0 Å². The fourth-order valence-corrected chi connectivity index (χ4v) is 3.89. The smallest absolute Gasteiger partial charge is 0.220 e. The van der Waals surface area contributed by atoms with Crippen LogP contribution >= 0.6 is 11.8 Å². The summed E-state index contributed by atoms with van der Waals surface area (Å²) in [6.45, 7) is 15.2. The van der Waals surface area contributed by atoms with Gasteiger partial charge in [0.25, 0.3) is 0 Å². The largest absolute Gasteiger partial charge is 0.353 e. The Morgan fingerprint density at radius 3 is 2.27 bits per heavy atom. The van der Waals surface area contributed by atoms with Gasteiger partial charge in [0.1, 0.15) is 6.10 Å². The van der Waals surface area contributed by atoms with Crippen LogP contribution in [0.5, 0.6) is 0 Å². The van der Waals surface area contributed by atoms with Crippen molar-refractivity contribution in [3.63, 3.8) is 0 Å². The molecule has 1 heterocycles. The molecule has 0 radical (unpaired) electrons. The number of carbonyl (C=O) groups is 2. The highest BCUT2D eigenvalue weighted by atomic mass is 32.2. The highest BCUT2D eigenvalue weighted by Crippen LogP contribution is 2.36. The van der Waals surface area contributed by atoms with Crippen molar-refractivity contribution in [3.05, 3.63) is 0 Å². The van der Waals surface area contributed by atoms with Gasteiger partial charge >= 0.3 is 0 Å². The molecule has 152 valence electrons. The Morgan fingerprint density at radius 1 is 1.12 bits per heavy atom. The van der Waals surface area contributed by atoms with E-state index in [2.05, 4.69) is 33.0 Å². The lowest BCUT2D eigenvalue weighted by atomic mass is 9.76. The molecule has 1 unspecified atom stereocenters. The molecule has 1 amide bonds. The summed E-state index contributed by atoms with van der Waals surface area (Å²) in [7, 11) is 0. The maximum Gasteiger partial charge on any atom is 0.220 e. The van der Waals surface area contributed by atoms with Gasteiger partial charge in [0, 0.05) is 25.6 Å². The van der Waals surface area contributed by atoms with Crippen molar-refractivity contribution in [1.82, 2.24) is 5.32 Å². The second-order valence-corrected chi connectivity index (χ2v) is 10.6. The lowest BCUT2D eigenvalue weighted by Gasteiger charge is -2.31. The third-order valence-electron chi connectivity index (χ3n) is 4.80. The predicted octanol–water partition coefficient (Wildman–Crippen LogP) is 4.15. The van der Waals surface area contributed by atoms with Crippen LogP contribution in [0.4, 0.5) is 0 Å². The average molecular weight is 388 g/mol. The quantitative estimate of drug-likeness (QED) is 0.610. The van der Waals surface area contributed by atoms with Crippen LogP contribution in [-0.4, -0.2) is 41.8 Å². The molecule has 0 aromatic rings. The zero-order valence-corrected chi connectivity index (χ0v) is 18.4. The molecule has 0 aromatic carbocycles. The number of hydrogen-bond donors (Lipinski definition) is 1. The summed E-state index contributed by atoms with van der Waals surface area (Å²) in [4.78, 5) is 23.4.